The maximum absolute atomic E-state index is 11.8. The molecule has 0 amide bonds. The zero-order valence-corrected chi connectivity index (χ0v) is 75.4. The van der Waals surface area contributed by atoms with Gasteiger partial charge in [-0.15, -0.1) is 0 Å². The zero-order valence-electron chi connectivity index (χ0n) is 75.4. The Bertz CT molecular complexity index is 5230. The van der Waals surface area contributed by atoms with Gasteiger partial charge in [0.05, 0.1) is 75.8 Å². The fraction of sp³-hybridized carbons (Fsp3) is 0.481. The molecule has 16 aliphatic carbocycles. The molecule has 0 aliphatic heterocycles. The van der Waals surface area contributed by atoms with Crippen molar-refractivity contribution in [1.82, 2.24) is 0 Å². The number of methoxy groups -OCH3 is 4. The number of hydrogen-bond acceptors (Lipinski definition) is 20. The highest BCUT2D eigenvalue weighted by molar-refractivity contribution is 5.81. The number of carboxylic acids is 4. The van der Waals surface area contributed by atoms with E-state index < -0.39 is 23.9 Å². The molecule has 0 bridgehead atoms. The molecule has 0 radical (unpaired) electrons. The predicted molar refractivity (Wildman–Crippen MR) is 496 cm³/mol. The second kappa shape index (κ2) is 35.5. The normalized spacial score (nSPS) is 30.5. The van der Waals surface area contributed by atoms with Crippen molar-refractivity contribution in [3.63, 3.8) is 0 Å². The number of aromatic hydroxyl groups is 8. The number of fused-ring (bicyclic) bond motifs is 16. The molecule has 16 aliphatic rings. The molecular formula is C108H130O24. The Morgan fingerprint density at radius 1 is 0.212 bits per heavy atom. The van der Waals surface area contributed by atoms with Crippen molar-refractivity contribution < 1.29 is 126 Å². The minimum absolute atomic E-state index is 0. The lowest BCUT2D eigenvalue weighted by molar-refractivity contribution is -0.154. The summed E-state index contributed by atoms with van der Waals surface area (Å²) in [6.45, 7) is 0. The highest BCUT2D eigenvalue weighted by Gasteiger charge is 2.62. The molecule has 8 spiro atoms. The third-order valence-electron chi connectivity index (χ3n) is 35.3. The van der Waals surface area contributed by atoms with Crippen LogP contribution in [0.15, 0.2) is 146 Å². The van der Waals surface area contributed by atoms with E-state index in [1.165, 1.54) is 95.2 Å². The minimum atomic E-state index is -0.692. The van der Waals surface area contributed by atoms with Gasteiger partial charge in [-0.2, -0.15) is 0 Å². The molecule has 8 fully saturated rings. The number of aryl methyl sites for hydroxylation is 8. The molecule has 24 nitrogen and oxygen atoms in total. The second-order valence-corrected chi connectivity index (χ2v) is 40.2. The number of rotatable bonds is 8. The third kappa shape index (κ3) is 15.4. The van der Waals surface area contributed by atoms with Crippen molar-refractivity contribution >= 4 is 47.8 Å². The summed E-state index contributed by atoms with van der Waals surface area (Å²) in [6, 6.07) is 43.6. The topological polar surface area (TPSA) is 416 Å². The Labute approximate surface area is 774 Å². The predicted octanol–water partition coefficient (Wildman–Crippen LogP) is 18.1. The van der Waals surface area contributed by atoms with Gasteiger partial charge in [-0.1, -0.05) is 48.5 Å². The Hall–Kier alpha value is -12.1. The summed E-state index contributed by atoms with van der Waals surface area (Å²) < 4.78 is 19.5. The molecule has 24 heteroatoms. The summed E-state index contributed by atoms with van der Waals surface area (Å²) in [5.74, 6) is -2.12. The highest BCUT2D eigenvalue weighted by Crippen LogP contribution is 2.65. The number of carboxylic acid groups (broad SMARTS) is 4. The number of ether oxygens (including phenoxy) is 4. The van der Waals surface area contributed by atoms with Gasteiger partial charge in [0.1, 0.15) is 46.0 Å². The van der Waals surface area contributed by atoms with E-state index in [4.69, 9.17) is 18.9 Å². The first kappa shape index (κ1) is 91.8. The molecule has 0 heterocycles. The van der Waals surface area contributed by atoms with Gasteiger partial charge in [0, 0.05) is 50.5 Å². The lowest BCUT2D eigenvalue weighted by atomic mass is 9.57. The number of carbonyl (C=O) groups is 8. The Kier molecular flexibility index (Phi) is 24.7. The number of phenolic OH excluding ortho intramolecular Hbond substituents is 8. The van der Waals surface area contributed by atoms with Crippen molar-refractivity contribution in [2.75, 3.05) is 28.4 Å². The molecule has 0 saturated heterocycles. The first-order valence-electron chi connectivity index (χ1n) is 47.0. The monoisotopic (exact) mass is 1810 g/mol. The van der Waals surface area contributed by atoms with Crippen molar-refractivity contribution in [2.24, 2.45) is 47.3 Å². The third-order valence-corrected chi connectivity index (χ3v) is 35.3. The molecule has 132 heavy (non-hydrogen) atoms. The van der Waals surface area contributed by atoms with Gasteiger partial charge in [0.15, 0.2) is 0 Å². The maximum Gasteiger partial charge on any atom is 0.309 e. The first-order chi connectivity index (χ1) is 63.2. The van der Waals surface area contributed by atoms with Gasteiger partial charge in [-0.05, 0) is 392 Å². The maximum atomic E-state index is 11.8. The number of hydrogen-bond donors (Lipinski definition) is 12. The van der Waals surface area contributed by atoms with E-state index in [2.05, 4.69) is 0 Å². The van der Waals surface area contributed by atoms with E-state index in [1.807, 2.05) is 72.8 Å². The molecule has 0 unspecified atom stereocenters. The molecule has 8 aromatic rings. The van der Waals surface area contributed by atoms with Crippen LogP contribution in [0.25, 0.3) is 0 Å². The summed E-state index contributed by atoms with van der Waals surface area (Å²) in [5.41, 5.74) is 18.0. The SMILES string of the molecule is COC(=O)[C@@H]1CC[C@@]12CCc1ccc(O)cc12.COC(=O)[C@@H]1CC[C@]12CCc1ccc(O)cc12.COC(=O)[C@H]1CC[C@@]12CCc1ccc(O)cc12.COC(=O)[C@H]1CC[C@]12CCc1ccc(O)cc12.O=C(O)[C@@H]1CC[C@@]12CCc1ccc(O)cc12.O=C(O)[C@@H]1CC[C@]12CCc1ccc(O)cc12.O=C(O)[C@H]1CC[C@@]12CCc1ccc(O)cc12.O=C(O)[C@H]1CC[C@]12CCc1ccc(O)cc12.[HH].[HH].[HH].[HH].[HH]. The van der Waals surface area contributed by atoms with E-state index in [0.29, 0.717) is 23.0 Å². The average molecular weight is 1810 g/mol. The lowest BCUT2D eigenvalue weighted by Gasteiger charge is -2.46. The number of phenols is 8. The molecule has 16 atom stereocenters. The van der Waals surface area contributed by atoms with Crippen LogP contribution in [0, 0.1) is 47.3 Å². The summed E-state index contributed by atoms with van der Waals surface area (Å²) >= 11 is 0. The van der Waals surface area contributed by atoms with E-state index >= 15 is 0 Å². The standard InChI is InChI=1S/4C14H16O3.4C13H14O3.5H2/c4*1-17-13(16)11-5-7-14(11)6-4-9-2-3-10(15)8-12(9)14;4*14-9-2-1-8-3-5-13(11(8)7-9)6-4-10(13)12(15)16;;;;;/h4*2-3,8,11,15H,4-7H2,1H3;4*1-2,7,10,14H,3-6H2,(H,15,16);5*1H/t2*11-,14+;2*11-,14-;2*10-,13+;2*10-,13-;;;;;/m10101010...../s1. The van der Waals surface area contributed by atoms with Gasteiger partial charge in [0.2, 0.25) is 0 Å². The number of esters is 4. The van der Waals surface area contributed by atoms with Gasteiger partial charge in [-0.3, -0.25) is 38.4 Å². The van der Waals surface area contributed by atoms with Crippen LogP contribution >= 0.6 is 0 Å². The number of benzene rings is 8. The van der Waals surface area contributed by atoms with Crippen LogP contribution in [-0.2, 0) is 152 Å². The van der Waals surface area contributed by atoms with Crippen LogP contribution in [0.4, 0.5) is 0 Å². The smallest absolute Gasteiger partial charge is 0.309 e. The number of aliphatic carboxylic acids is 4. The van der Waals surface area contributed by atoms with Gasteiger partial charge >= 0.3 is 47.8 Å². The molecule has 8 saturated carbocycles. The second-order valence-electron chi connectivity index (χ2n) is 40.2. The fourth-order valence-corrected chi connectivity index (χ4v) is 27.4. The number of carbonyl (C=O) groups excluding carboxylic acids is 4. The largest absolute Gasteiger partial charge is 0.508 e. The average Bonchev–Trinajstić information content (AvgIpc) is 1.59. The van der Waals surface area contributed by atoms with Crippen LogP contribution in [0.3, 0.4) is 0 Å². The van der Waals surface area contributed by atoms with E-state index in [0.717, 1.165) is 228 Å². The summed E-state index contributed by atoms with van der Waals surface area (Å²) in [7, 11) is 5.80. The van der Waals surface area contributed by atoms with Crippen LogP contribution < -0.4 is 0 Å². The molecular weight excluding hydrogens is 1680 g/mol. The van der Waals surface area contributed by atoms with E-state index in [1.54, 1.807) is 72.8 Å². The van der Waals surface area contributed by atoms with Crippen molar-refractivity contribution in [3.05, 3.63) is 235 Å². The van der Waals surface area contributed by atoms with Crippen molar-refractivity contribution in [1.29, 1.82) is 0 Å². The van der Waals surface area contributed by atoms with E-state index in [9.17, 15) is 99.6 Å². The molecule has 24 rings (SSSR count). The summed E-state index contributed by atoms with van der Waals surface area (Å²) in [5, 5.41) is 113. The fourth-order valence-electron chi connectivity index (χ4n) is 27.4. The van der Waals surface area contributed by atoms with Crippen LogP contribution in [0.2, 0.25) is 0 Å². The summed E-state index contributed by atoms with van der Waals surface area (Å²) in [6.07, 6.45) is 30.1. The molecule has 0 aromatic heterocycles. The zero-order chi connectivity index (χ0) is 93.5. The van der Waals surface area contributed by atoms with E-state index in [-0.39, 0.29) is 145 Å². The quantitative estimate of drug-likeness (QED) is 0.0496. The molecule has 706 valence electrons. The van der Waals surface area contributed by atoms with Crippen LogP contribution in [0.1, 0.15) is 250 Å². The lowest BCUT2D eigenvalue weighted by Crippen LogP contribution is -2.47. The van der Waals surface area contributed by atoms with Gasteiger partial charge in [-0.25, -0.2) is 0 Å². The molecule has 8 aromatic carbocycles. The summed E-state index contributed by atoms with van der Waals surface area (Å²) in [4.78, 5) is 91.8. The Morgan fingerprint density at radius 3 is 0.432 bits per heavy atom. The van der Waals surface area contributed by atoms with Gasteiger partial charge in [0.25, 0.3) is 0 Å². The van der Waals surface area contributed by atoms with Crippen LogP contribution in [0.5, 0.6) is 46.0 Å². The highest BCUT2D eigenvalue weighted by atomic mass is 16.5. The Morgan fingerprint density at radius 2 is 0.333 bits per heavy atom. The minimum Gasteiger partial charge on any atom is -0.508 e. The van der Waals surface area contributed by atoms with Crippen molar-refractivity contribution in [3.8, 4) is 46.0 Å². The van der Waals surface area contributed by atoms with Gasteiger partial charge < -0.3 is 80.2 Å². The first-order valence-corrected chi connectivity index (χ1v) is 47.0. The van der Waals surface area contributed by atoms with Crippen LogP contribution in [-0.4, -0.2) is 137 Å². The molecule has 12 N–H and O–H groups in total. The van der Waals surface area contributed by atoms with Crippen molar-refractivity contribution in [2.45, 2.75) is 249 Å². The Balaban J connectivity index is 0.000000140.